The molecular weight excluding hydrogens is 460 g/mol. The highest BCUT2D eigenvalue weighted by atomic mass is 32.1. The number of aromatic nitrogens is 2. The number of nitrogens with zero attached hydrogens (tertiary/aromatic N) is 2. The number of phenolic OH excluding ortho intramolecular Hbond substituents is 2. The maximum atomic E-state index is 13.1. The summed E-state index contributed by atoms with van der Waals surface area (Å²) in [5.74, 6) is -0.527. The minimum atomic E-state index is -0.614. The fourth-order valence-electron chi connectivity index (χ4n) is 4.36. The number of thiazole rings is 1. The molecule has 0 spiro atoms. The third-order valence-corrected chi connectivity index (χ3v) is 6.64. The summed E-state index contributed by atoms with van der Waals surface area (Å²) in [5, 5.41) is 22.1. The van der Waals surface area contributed by atoms with Crippen LogP contribution in [0.4, 0.5) is 0 Å². The van der Waals surface area contributed by atoms with Crippen molar-refractivity contribution in [3.05, 3.63) is 69.5 Å². The number of fused-ring (bicyclic) bond motifs is 6. The van der Waals surface area contributed by atoms with E-state index in [4.69, 9.17) is 13.9 Å². The number of hydrogen-bond acceptors (Lipinski definition) is 9. The molecule has 0 saturated carbocycles. The average molecular weight is 476 g/mol. The van der Waals surface area contributed by atoms with Gasteiger partial charge in [-0.05, 0) is 24.3 Å². The van der Waals surface area contributed by atoms with E-state index in [-0.39, 0.29) is 40.4 Å². The Hall–Kier alpha value is -4.31. The molecule has 0 saturated heterocycles. The Balaban J connectivity index is 1.67. The van der Waals surface area contributed by atoms with Crippen LogP contribution in [0.5, 0.6) is 23.1 Å². The van der Waals surface area contributed by atoms with E-state index >= 15 is 0 Å². The summed E-state index contributed by atoms with van der Waals surface area (Å²) in [4.78, 5) is 30.7. The summed E-state index contributed by atoms with van der Waals surface area (Å²) >= 11 is 1.41. The van der Waals surface area contributed by atoms with Crippen molar-refractivity contribution < 1.29 is 28.9 Å². The van der Waals surface area contributed by atoms with E-state index in [9.17, 15) is 19.8 Å². The monoisotopic (exact) mass is 476 g/mol. The largest absolute Gasteiger partial charge is 0.508 e. The van der Waals surface area contributed by atoms with Gasteiger partial charge in [-0.1, -0.05) is 0 Å². The predicted molar refractivity (Wildman–Crippen MR) is 123 cm³/mol. The highest BCUT2D eigenvalue weighted by Gasteiger charge is 2.37. The van der Waals surface area contributed by atoms with Crippen LogP contribution in [0.15, 0.2) is 57.2 Å². The molecule has 4 heterocycles. The SMILES string of the molecule is COC(=O)C[C@H]1c2c(cc(O)c3c(=O)cc(-c4ccc(O)cc4)oc23)Oc2nc3sccn3c21. The lowest BCUT2D eigenvalue weighted by molar-refractivity contribution is -0.140. The Labute approximate surface area is 195 Å². The number of ether oxygens (including phenoxy) is 2. The highest BCUT2D eigenvalue weighted by molar-refractivity contribution is 7.15. The number of benzene rings is 2. The summed E-state index contributed by atoms with van der Waals surface area (Å²) in [6.45, 7) is 0. The summed E-state index contributed by atoms with van der Waals surface area (Å²) in [6.07, 6.45) is 1.77. The Morgan fingerprint density at radius 2 is 2.03 bits per heavy atom. The van der Waals surface area contributed by atoms with E-state index < -0.39 is 17.3 Å². The number of esters is 1. The van der Waals surface area contributed by atoms with E-state index in [1.807, 2.05) is 16.0 Å². The second-order valence-electron chi connectivity index (χ2n) is 7.83. The molecule has 2 aromatic carbocycles. The van der Waals surface area contributed by atoms with E-state index in [2.05, 4.69) is 4.98 Å². The summed E-state index contributed by atoms with van der Waals surface area (Å²) in [7, 11) is 1.30. The lowest BCUT2D eigenvalue weighted by Gasteiger charge is -2.26. The Morgan fingerprint density at radius 3 is 2.79 bits per heavy atom. The normalized spacial score (nSPS) is 14.6. The van der Waals surface area contributed by atoms with Crippen molar-refractivity contribution in [3.63, 3.8) is 0 Å². The number of rotatable bonds is 3. The molecule has 0 aliphatic carbocycles. The second kappa shape index (κ2) is 7.35. The Morgan fingerprint density at radius 1 is 1.24 bits per heavy atom. The smallest absolute Gasteiger partial charge is 0.306 e. The van der Waals surface area contributed by atoms with Gasteiger partial charge in [0, 0.05) is 40.8 Å². The zero-order chi connectivity index (χ0) is 23.6. The molecule has 1 aliphatic rings. The molecular formula is C24H16N2O7S. The Kier molecular flexibility index (Phi) is 4.39. The molecule has 0 unspecified atom stereocenters. The van der Waals surface area contributed by atoms with Gasteiger partial charge in [0.05, 0.1) is 19.2 Å². The average Bonchev–Trinajstić information content (AvgIpc) is 3.39. The van der Waals surface area contributed by atoms with Crippen molar-refractivity contribution in [2.24, 2.45) is 0 Å². The molecule has 3 aromatic heterocycles. The molecule has 6 rings (SSSR count). The van der Waals surface area contributed by atoms with Gasteiger partial charge in [0.2, 0.25) is 5.88 Å². The molecule has 34 heavy (non-hydrogen) atoms. The maximum absolute atomic E-state index is 13.1. The van der Waals surface area contributed by atoms with Crippen molar-refractivity contribution in [2.45, 2.75) is 12.3 Å². The first-order valence-corrected chi connectivity index (χ1v) is 11.2. The van der Waals surface area contributed by atoms with Gasteiger partial charge in [-0.3, -0.25) is 14.0 Å². The second-order valence-corrected chi connectivity index (χ2v) is 8.70. The molecule has 1 aliphatic heterocycles. The van der Waals surface area contributed by atoms with E-state index in [1.165, 1.54) is 42.7 Å². The molecule has 5 aromatic rings. The van der Waals surface area contributed by atoms with Gasteiger partial charge in [0.25, 0.3) is 0 Å². The van der Waals surface area contributed by atoms with Gasteiger partial charge in [0.1, 0.15) is 34.0 Å². The standard InChI is InChI=1S/C24H16N2O7S/c1-31-18(30)8-13-19-17(33-23-21(13)26-6-7-34-24(26)25-23)10-15(29)20-14(28)9-16(32-22(19)20)11-2-4-12(27)5-3-11/h2-7,9-10,13,27,29H,8H2,1H3/t13-/m0/s1. The molecule has 2 N–H and O–H groups in total. The minimum Gasteiger partial charge on any atom is -0.508 e. The van der Waals surface area contributed by atoms with Crippen LogP contribution in [0.3, 0.4) is 0 Å². The van der Waals surface area contributed by atoms with Crippen LogP contribution < -0.4 is 10.2 Å². The van der Waals surface area contributed by atoms with Gasteiger partial charge in [-0.15, -0.1) is 11.3 Å². The number of aromatic hydroxyl groups is 2. The van der Waals surface area contributed by atoms with Crippen molar-refractivity contribution in [3.8, 4) is 34.5 Å². The van der Waals surface area contributed by atoms with E-state index in [1.54, 1.807) is 12.1 Å². The lowest BCUT2D eigenvalue weighted by Crippen LogP contribution is -2.17. The topological polar surface area (TPSA) is 124 Å². The maximum Gasteiger partial charge on any atom is 0.306 e. The molecule has 9 nitrogen and oxygen atoms in total. The van der Waals surface area contributed by atoms with E-state index in [0.29, 0.717) is 27.7 Å². The van der Waals surface area contributed by atoms with Crippen LogP contribution in [-0.2, 0) is 9.53 Å². The highest BCUT2D eigenvalue weighted by Crippen LogP contribution is 2.50. The molecule has 170 valence electrons. The zero-order valence-corrected chi connectivity index (χ0v) is 18.5. The number of carbonyl (C=O) groups is 1. The number of carbonyl (C=O) groups excluding carboxylic acids is 1. The van der Waals surface area contributed by atoms with Crippen LogP contribution >= 0.6 is 11.3 Å². The van der Waals surface area contributed by atoms with Crippen molar-refractivity contribution in [2.75, 3.05) is 7.11 Å². The first kappa shape index (κ1) is 20.3. The van der Waals surface area contributed by atoms with Crippen LogP contribution in [0, 0.1) is 0 Å². The lowest BCUT2D eigenvalue weighted by atomic mass is 9.88. The Bertz CT molecular complexity index is 1660. The number of phenols is 2. The van der Waals surface area contributed by atoms with E-state index in [0.717, 1.165) is 0 Å². The van der Waals surface area contributed by atoms with Gasteiger partial charge in [0.15, 0.2) is 10.4 Å². The molecule has 0 bridgehead atoms. The number of methoxy groups -OCH3 is 1. The number of hydrogen-bond donors (Lipinski definition) is 2. The zero-order valence-electron chi connectivity index (χ0n) is 17.6. The molecule has 1 atom stereocenters. The molecule has 0 fully saturated rings. The minimum absolute atomic E-state index is 0.0192. The molecule has 10 heteroatoms. The van der Waals surface area contributed by atoms with Gasteiger partial charge in [-0.2, -0.15) is 4.98 Å². The predicted octanol–water partition coefficient (Wildman–Crippen LogP) is 4.38. The third kappa shape index (κ3) is 2.96. The first-order valence-electron chi connectivity index (χ1n) is 10.3. The van der Waals surface area contributed by atoms with Crippen LogP contribution in [-0.4, -0.2) is 32.7 Å². The first-order chi connectivity index (χ1) is 16.4. The quantitative estimate of drug-likeness (QED) is 0.368. The summed E-state index contributed by atoms with van der Waals surface area (Å²) in [6, 6.07) is 8.80. The number of imidazole rings is 1. The van der Waals surface area contributed by atoms with Crippen LogP contribution in [0.1, 0.15) is 23.6 Å². The fraction of sp³-hybridized carbons (Fsp3) is 0.125. The molecule has 0 radical (unpaired) electrons. The van der Waals surface area contributed by atoms with Gasteiger partial charge in [-0.25, -0.2) is 0 Å². The fourth-order valence-corrected chi connectivity index (χ4v) is 5.07. The van der Waals surface area contributed by atoms with Crippen LogP contribution in [0.2, 0.25) is 0 Å². The van der Waals surface area contributed by atoms with Crippen molar-refractivity contribution in [1.29, 1.82) is 0 Å². The molecule has 0 amide bonds. The van der Waals surface area contributed by atoms with Crippen molar-refractivity contribution >= 4 is 33.2 Å². The summed E-state index contributed by atoms with van der Waals surface area (Å²) in [5.41, 5.74) is 1.27. The van der Waals surface area contributed by atoms with Crippen molar-refractivity contribution in [1.82, 2.24) is 9.38 Å². The van der Waals surface area contributed by atoms with Crippen LogP contribution in [0.25, 0.3) is 27.3 Å². The third-order valence-electron chi connectivity index (χ3n) is 5.88. The van der Waals surface area contributed by atoms with Gasteiger partial charge < -0.3 is 24.1 Å². The summed E-state index contributed by atoms with van der Waals surface area (Å²) < 4.78 is 19.0. The van der Waals surface area contributed by atoms with Gasteiger partial charge >= 0.3 is 5.97 Å².